The summed E-state index contributed by atoms with van der Waals surface area (Å²) in [6.07, 6.45) is 0. The Bertz CT molecular complexity index is 549. The van der Waals surface area contributed by atoms with Crippen LogP contribution in [0.2, 0.25) is 10.0 Å². The summed E-state index contributed by atoms with van der Waals surface area (Å²) < 4.78 is 5.37. The lowest BCUT2D eigenvalue weighted by molar-refractivity contribution is -0.119. The molecule has 2 rings (SSSR count). The molecule has 0 radical (unpaired) electrons. The van der Waals surface area contributed by atoms with E-state index in [1.165, 1.54) is 11.8 Å². The minimum atomic E-state index is -0.0855. The summed E-state index contributed by atoms with van der Waals surface area (Å²) in [5.41, 5.74) is -0.0855. The van der Waals surface area contributed by atoms with Crippen LogP contribution in [0.3, 0.4) is 0 Å². The Hall–Kier alpha value is -0.460. The van der Waals surface area contributed by atoms with Crippen molar-refractivity contribution in [2.45, 2.75) is 24.3 Å². The number of carbonyl (C=O) groups excluding carboxylic acids is 1. The monoisotopic (exact) mass is 376 g/mol. The van der Waals surface area contributed by atoms with Crippen LogP contribution in [-0.2, 0) is 9.53 Å². The number of benzene rings is 1. The summed E-state index contributed by atoms with van der Waals surface area (Å²) in [6, 6.07) is 5.25. The second kappa shape index (κ2) is 8.58. The van der Waals surface area contributed by atoms with Gasteiger partial charge in [-0.15, -0.1) is 11.8 Å². The lowest BCUT2D eigenvalue weighted by Crippen LogP contribution is -2.55. The van der Waals surface area contributed by atoms with Crippen molar-refractivity contribution in [2.24, 2.45) is 0 Å². The van der Waals surface area contributed by atoms with Crippen molar-refractivity contribution in [3.63, 3.8) is 0 Å². The van der Waals surface area contributed by atoms with Crippen LogP contribution >= 0.6 is 35.0 Å². The van der Waals surface area contributed by atoms with Crippen molar-refractivity contribution in [1.29, 1.82) is 0 Å². The van der Waals surface area contributed by atoms with Crippen molar-refractivity contribution >= 4 is 40.9 Å². The number of hydrogen-bond acceptors (Lipinski definition) is 4. The maximum absolute atomic E-state index is 12.1. The number of carbonyl (C=O) groups is 1. The Balaban J connectivity index is 1.79. The van der Waals surface area contributed by atoms with Gasteiger partial charge in [0.1, 0.15) is 0 Å². The van der Waals surface area contributed by atoms with Gasteiger partial charge in [-0.1, -0.05) is 23.2 Å². The number of rotatable bonds is 6. The molecule has 1 amide bonds. The SMILES string of the molecule is CC(C)(CNC(=O)CSc1cc(Cl)ccc1Cl)N1CCOCC1. The minimum absolute atomic E-state index is 0.00706. The molecule has 4 nitrogen and oxygen atoms in total. The molecule has 0 spiro atoms. The van der Waals surface area contributed by atoms with Crippen LogP contribution < -0.4 is 5.32 Å². The highest BCUT2D eigenvalue weighted by atomic mass is 35.5. The third-order valence-corrected chi connectivity index (χ3v) is 5.57. The second-order valence-corrected chi connectivity index (χ2v) is 7.91. The lowest BCUT2D eigenvalue weighted by atomic mass is 10.0. The standard InChI is InChI=1S/C16H22Cl2N2O2S/c1-16(2,20-5-7-22-8-6-20)11-19-15(21)10-23-14-9-12(17)3-4-13(14)18/h3-4,9H,5-8,10-11H2,1-2H3,(H,19,21). The summed E-state index contributed by atoms with van der Waals surface area (Å²) in [5.74, 6) is 0.312. The van der Waals surface area contributed by atoms with E-state index in [1.807, 2.05) is 0 Å². The molecule has 0 bridgehead atoms. The molecule has 1 N–H and O–H groups in total. The smallest absolute Gasteiger partial charge is 0.230 e. The largest absolute Gasteiger partial charge is 0.379 e. The van der Waals surface area contributed by atoms with Crippen LogP contribution in [-0.4, -0.2) is 54.9 Å². The number of nitrogens with zero attached hydrogens (tertiary/aromatic N) is 1. The highest BCUT2D eigenvalue weighted by Gasteiger charge is 2.28. The van der Waals surface area contributed by atoms with Gasteiger partial charge >= 0.3 is 0 Å². The number of thioether (sulfide) groups is 1. The van der Waals surface area contributed by atoms with Crippen molar-refractivity contribution in [1.82, 2.24) is 10.2 Å². The first-order valence-electron chi connectivity index (χ1n) is 7.56. The highest BCUT2D eigenvalue weighted by Crippen LogP contribution is 2.29. The summed E-state index contributed by atoms with van der Waals surface area (Å²) in [7, 11) is 0. The molecular formula is C16H22Cl2N2O2S. The van der Waals surface area contributed by atoms with Crippen LogP contribution in [0.15, 0.2) is 23.1 Å². The summed E-state index contributed by atoms with van der Waals surface area (Å²) in [6.45, 7) is 8.18. The fourth-order valence-corrected chi connectivity index (χ4v) is 3.70. The molecule has 0 saturated carbocycles. The van der Waals surface area contributed by atoms with E-state index >= 15 is 0 Å². The van der Waals surface area contributed by atoms with E-state index in [-0.39, 0.29) is 11.4 Å². The molecular weight excluding hydrogens is 355 g/mol. The van der Waals surface area contributed by atoms with Gasteiger partial charge in [-0.2, -0.15) is 0 Å². The van der Waals surface area contributed by atoms with Gasteiger partial charge in [0.2, 0.25) is 5.91 Å². The third-order valence-electron chi connectivity index (χ3n) is 3.84. The van der Waals surface area contributed by atoms with E-state index in [4.69, 9.17) is 27.9 Å². The van der Waals surface area contributed by atoms with Crippen LogP contribution in [0, 0.1) is 0 Å². The van der Waals surface area contributed by atoms with E-state index in [2.05, 4.69) is 24.1 Å². The van der Waals surface area contributed by atoms with Crippen LogP contribution in [0.4, 0.5) is 0 Å². The zero-order valence-electron chi connectivity index (χ0n) is 13.4. The van der Waals surface area contributed by atoms with Gasteiger partial charge in [0.15, 0.2) is 0 Å². The molecule has 1 aromatic carbocycles. The second-order valence-electron chi connectivity index (χ2n) is 6.05. The van der Waals surface area contributed by atoms with Gasteiger partial charge in [-0.3, -0.25) is 9.69 Å². The Morgan fingerprint density at radius 2 is 2.04 bits per heavy atom. The van der Waals surface area contributed by atoms with Crippen LogP contribution in [0.1, 0.15) is 13.8 Å². The molecule has 1 aromatic rings. The van der Waals surface area contributed by atoms with E-state index in [1.54, 1.807) is 18.2 Å². The molecule has 1 saturated heterocycles. The molecule has 1 heterocycles. The van der Waals surface area contributed by atoms with Gasteiger partial charge in [-0.05, 0) is 32.0 Å². The number of morpholine rings is 1. The summed E-state index contributed by atoms with van der Waals surface area (Å²) in [5, 5.41) is 4.23. The van der Waals surface area contributed by atoms with Gasteiger partial charge in [-0.25, -0.2) is 0 Å². The zero-order valence-corrected chi connectivity index (χ0v) is 15.7. The van der Waals surface area contributed by atoms with Crippen LogP contribution in [0.25, 0.3) is 0 Å². The maximum Gasteiger partial charge on any atom is 0.230 e. The van der Waals surface area contributed by atoms with Gasteiger partial charge < -0.3 is 10.1 Å². The lowest BCUT2D eigenvalue weighted by Gasteiger charge is -2.40. The molecule has 128 valence electrons. The Kier molecular flexibility index (Phi) is 7.04. The molecule has 1 aliphatic heterocycles. The quantitative estimate of drug-likeness (QED) is 0.773. The maximum atomic E-state index is 12.1. The van der Waals surface area contributed by atoms with Crippen LogP contribution in [0.5, 0.6) is 0 Å². The van der Waals surface area contributed by atoms with Crippen molar-refractivity contribution in [3.05, 3.63) is 28.2 Å². The molecule has 0 unspecified atom stereocenters. The fraction of sp³-hybridized carbons (Fsp3) is 0.562. The molecule has 1 fully saturated rings. The van der Waals surface area contributed by atoms with E-state index in [0.29, 0.717) is 22.3 Å². The first kappa shape index (κ1) is 18.9. The predicted molar refractivity (Wildman–Crippen MR) is 96.7 cm³/mol. The highest BCUT2D eigenvalue weighted by molar-refractivity contribution is 8.00. The zero-order chi connectivity index (χ0) is 16.9. The van der Waals surface area contributed by atoms with Gasteiger partial charge in [0.25, 0.3) is 0 Å². The Morgan fingerprint density at radius 1 is 1.35 bits per heavy atom. The number of amides is 1. The topological polar surface area (TPSA) is 41.6 Å². The van der Waals surface area contributed by atoms with E-state index < -0.39 is 0 Å². The Labute approximate surface area is 151 Å². The molecule has 23 heavy (non-hydrogen) atoms. The molecule has 0 aromatic heterocycles. The number of hydrogen-bond donors (Lipinski definition) is 1. The minimum Gasteiger partial charge on any atom is -0.379 e. The normalized spacial score (nSPS) is 16.3. The molecule has 7 heteroatoms. The third kappa shape index (κ3) is 5.84. The summed E-state index contributed by atoms with van der Waals surface area (Å²) >= 11 is 13.4. The molecule has 0 aliphatic carbocycles. The average Bonchev–Trinajstić information content (AvgIpc) is 2.54. The molecule has 1 aliphatic rings. The number of halogens is 2. The van der Waals surface area contributed by atoms with Gasteiger partial charge in [0.05, 0.1) is 24.0 Å². The van der Waals surface area contributed by atoms with Crippen molar-refractivity contribution < 1.29 is 9.53 Å². The Morgan fingerprint density at radius 3 is 2.74 bits per heavy atom. The van der Waals surface area contributed by atoms with Gasteiger partial charge in [0, 0.05) is 35.1 Å². The first-order valence-corrected chi connectivity index (χ1v) is 9.30. The average molecular weight is 377 g/mol. The first-order chi connectivity index (χ1) is 10.9. The number of ether oxygens (including phenoxy) is 1. The van der Waals surface area contributed by atoms with E-state index in [9.17, 15) is 4.79 Å². The fourth-order valence-electron chi connectivity index (χ4n) is 2.38. The predicted octanol–water partition coefficient (Wildman–Crippen LogP) is 3.31. The number of nitrogens with one attached hydrogen (secondary N) is 1. The van der Waals surface area contributed by atoms with E-state index in [0.717, 1.165) is 31.2 Å². The van der Waals surface area contributed by atoms with Crippen molar-refractivity contribution in [2.75, 3.05) is 38.6 Å². The van der Waals surface area contributed by atoms with Crippen molar-refractivity contribution in [3.8, 4) is 0 Å². The molecule has 0 atom stereocenters. The summed E-state index contributed by atoms with van der Waals surface area (Å²) in [4.78, 5) is 15.3.